The maximum atomic E-state index is 13.3. The number of esters is 1. The van der Waals surface area contributed by atoms with E-state index in [2.05, 4.69) is 13.8 Å². The normalized spacial score (nSPS) is 31.5. The Bertz CT molecular complexity index is 758. The Kier molecular flexibility index (Phi) is 4.35. The van der Waals surface area contributed by atoms with Crippen molar-refractivity contribution in [2.45, 2.75) is 44.8 Å². The van der Waals surface area contributed by atoms with Gasteiger partial charge in [0, 0.05) is 5.69 Å². The molecule has 5 nitrogen and oxygen atoms in total. The molecule has 2 fully saturated rings. The molecule has 0 N–H and O–H groups in total. The van der Waals surface area contributed by atoms with Gasteiger partial charge in [0.2, 0.25) is 5.91 Å². The van der Waals surface area contributed by atoms with Gasteiger partial charge < -0.3 is 14.4 Å². The molecule has 1 amide bonds. The van der Waals surface area contributed by atoms with Crippen molar-refractivity contribution in [3.8, 4) is 0 Å². The van der Waals surface area contributed by atoms with Gasteiger partial charge in [-0.25, -0.2) is 0 Å². The van der Waals surface area contributed by atoms with E-state index in [0.29, 0.717) is 13.2 Å². The second kappa shape index (κ2) is 6.54. The standard InChI is InChI=1S/C21H25NO4/c1-3-5-12-25-20(24)17-16-10-11-21(26-16)13-22(19(23)18(17)21)15-9-7-6-8-14(15)4-2/h6-11,16-18H,3-5,12-13H2,1-2H3/t16-,17-,18-,21+/m0/s1. The molecule has 2 saturated heterocycles. The average molecular weight is 355 g/mol. The van der Waals surface area contributed by atoms with Gasteiger partial charge in [-0.15, -0.1) is 0 Å². The maximum Gasteiger partial charge on any atom is 0.312 e. The number of hydrogen-bond acceptors (Lipinski definition) is 4. The summed E-state index contributed by atoms with van der Waals surface area (Å²) in [4.78, 5) is 27.7. The molecule has 0 saturated carbocycles. The molecule has 5 heteroatoms. The van der Waals surface area contributed by atoms with Gasteiger partial charge in [0.05, 0.1) is 25.2 Å². The SMILES string of the molecule is CCCCOC(=O)[C@H]1[C@@H]2C=C[C@]3(CN(c4ccccc4CC)C(=O)[C@H]13)O2. The van der Waals surface area contributed by atoms with Crippen molar-refractivity contribution in [1.82, 2.24) is 0 Å². The highest BCUT2D eigenvalue weighted by atomic mass is 16.6. The van der Waals surface area contributed by atoms with E-state index in [4.69, 9.17) is 9.47 Å². The number of benzene rings is 1. The van der Waals surface area contributed by atoms with E-state index in [1.807, 2.05) is 36.4 Å². The number of nitrogens with zero attached hydrogens (tertiary/aromatic N) is 1. The first kappa shape index (κ1) is 17.3. The number of ether oxygens (including phenoxy) is 2. The van der Waals surface area contributed by atoms with E-state index in [-0.39, 0.29) is 18.0 Å². The number of carbonyl (C=O) groups is 2. The van der Waals surface area contributed by atoms with Gasteiger partial charge in [-0.05, 0) is 24.5 Å². The molecule has 4 atom stereocenters. The molecule has 0 aliphatic carbocycles. The molecular formula is C21H25NO4. The number of fused-ring (bicyclic) bond motifs is 1. The lowest BCUT2D eigenvalue weighted by Gasteiger charge is -2.23. The van der Waals surface area contributed by atoms with Gasteiger partial charge in [0.25, 0.3) is 0 Å². The molecule has 3 aliphatic rings. The summed E-state index contributed by atoms with van der Waals surface area (Å²) in [5.74, 6) is -1.37. The second-order valence-electron chi connectivity index (χ2n) is 7.33. The second-order valence-corrected chi connectivity index (χ2v) is 7.33. The van der Waals surface area contributed by atoms with Crippen LogP contribution < -0.4 is 4.90 Å². The molecule has 0 unspecified atom stereocenters. The number of carbonyl (C=O) groups excluding carboxylic acids is 2. The Labute approximate surface area is 154 Å². The summed E-state index contributed by atoms with van der Waals surface area (Å²) < 4.78 is 11.6. The summed E-state index contributed by atoms with van der Waals surface area (Å²) in [7, 11) is 0. The van der Waals surface area contributed by atoms with E-state index in [0.717, 1.165) is 30.5 Å². The molecule has 1 aromatic carbocycles. The van der Waals surface area contributed by atoms with Gasteiger partial charge in [-0.1, -0.05) is 50.6 Å². The first-order valence-electron chi connectivity index (χ1n) is 9.54. The molecule has 138 valence electrons. The van der Waals surface area contributed by atoms with E-state index in [1.165, 1.54) is 0 Å². The molecule has 26 heavy (non-hydrogen) atoms. The first-order chi connectivity index (χ1) is 12.6. The number of anilines is 1. The third-order valence-electron chi connectivity index (χ3n) is 5.78. The van der Waals surface area contributed by atoms with E-state index < -0.39 is 17.4 Å². The zero-order valence-corrected chi connectivity index (χ0v) is 15.3. The minimum absolute atomic E-state index is 0.0322. The predicted molar refractivity (Wildman–Crippen MR) is 97.8 cm³/mol. The summed E-state index contributed by atoms with van der Waals surface area (Å²) in [5, 5.41) is 0. The predicted octanol–water partition coefficient (Wildman–Crippen LogP) is 2.88. The highest BCUT2D eigenvalue weighted by Crippen LogP contribution is 2.53. The van der Waals surface area contributed by atoms with Crippen LogP contribution in [0.1, 0.15) is 32.3 Å². The smallest absolute Gasteiger partial charge is 0.312 e. The highest BCUT2D eigenvalue weighted by molar-refractivity contribution is 6.03. The molecule has 0 aromatic heterocycles. The molecule has 1 aromatic rings. The molecule has 3 heterocycles. The lowest BCUT2D eigenvalue weighted by atomic mass is 9.77. The van der Waals surface area contributed by atoms with Crippen LogP contribution in [0.25, 0.3) is 0 Å². The fourth-order valence-corrected chi connectivity index (χ4v) is 4.46. The fourth-order valence-electron chi connectivity index (χ4n) is 4.46. The van der Waals surface area contributed by atoms with Crippen molar-refractivity contribution in [3.05, 3.63) is 42.0 Å². The van der Waals surface area contributed by atoms with Crippen LogP contribution in [-0.4, -0.2) is 36.7 Å². The van der Waals surface area contributed by atoms with Crippen molar-refractivity contribution >= 4 is 17.6 Å². The van der Waals surface area contributed by atoms with Crippen LogP contribution in [0.4, 0.5) is 5.69 Å². The molecule has 3 aliphatic heterocycles. The lowest BCUT2D eigenvalue weighted by Crippen LogP contribution is -2.40. The van der Waals surface area contributed by atoms with Gasteiger partial charge in [0.1, 0.15) is 11.5 Å². The number of para-hydroxylation sites is 1. The number of unbranched alkanes of at least 4 members (excludes halogenated alkanes) is 1. The zero-order chi connectivity index (χ0) is 18.3. The Balaban J connectivity index is 1.62. The summed E-state index contributed by atoms with van der Waals surface area (Å²) in [5.41, 5.74) is 1.34. The van der Waals surface area contributed by atoms with Crippen LogP contribution in [-0.2, 0) is 25.5 Å². The van der Waals surface area contributed by atoms with Crippen LogP contribution in [0.15, 0.2) is 36.4 Å². The summed E-state index contributed by atoms with van der Waals surface area (Å²) in [6.45, 7) is 4.99. The molecule has 1 spiro atoms. The Morgan fingerprint density at radius 2 is 2.15 bits per heavy atom. The minimum Gasteiger partial charge on any atom is -0.465 e. The third-order valence-corrected chi connectivity index (χ3v) is 5.78. The van der Waals surface area contributed by atoms with Crippen molar-refractivity contribution in [2.24, 2.45) is 11.8 Å². The maximum absolute atomic E-state index is 13.3. The fraction of sp³-hybridized carbons (Fsp3) is 0.524. The number of aryl methyl sites for hydroxylation is 1. The van der Waals surface area contributed by atoms with Crippen molar-refractivity contribution < 1.29 is 19.1 Å². The van der Waals surface area contributed by atoms with Crippen LogP contribution >= 0.6 is 0 Å². The van der Waals surface area contributed by atoms with Gasteiger partial charge in [0.15, 0.2) is 0 Å². The molecular weight excluding hydrogens is 330 g/mol. The number of hydrogen-bond donors (Lipinski definition) is 0. The van der Waals surface area contributed by atoms with E-state index >= 15 is 0 Å². The van der Waals surface area contributed by atoms with E-state index in [9.17, 15) is 9.59 Å². The number of rotatable bonds is 6. The zero-order valence-electron chi connectivity index (χ0n) is 15.3. The molecule has 4 rings (SSSR count). The molecule has 0 radical (unpaired) electrons. The first-order valence-corrected chi connectivity index (χ1v) is 9.54. The topological polar surface area (TPSA) is 55.8 Å². The van der Waals surface area contributed by atoms with Crippen molar-refractivity contribution in [3.63, 3.8) is 0 Å². The highest BCUT2D eigenvalue weighted by Gasteiger charge is 2.67. The minimum atomic E-state index is -0.697. The third kappa shape index (κ3) is 2.49. The quantitative estimate of drug-likeness (QED) is 0.447. The van der Waals surface area contributed by atoms with Crippen LogP contribution in [0.3, 0.4) is 0 Å². The Morgan fingerprint density at radius 1 is 1.35 bits per heavy atom. The van der Waals surface area contributed by atoms with Crippen molar-refractivity contribution in [2.75, 3.05) is 18.1 Å². The summed E-state index contributed by atoms with van der Waals surface area (Å²) in [6.07, 6.45) is 6.20. The van der Waals surface area contributed by atoms with E-state index in [1.54, 1.807) is 4.90 Å². The Morgan fingerprint density at radius 3 is 2.92 bits per heavy atom. The summed E-state index contributed by atoms with van der Waals surface area (Å²) >= 11 is 0. The van der Waals surface area contributed by atoms with Crippen LogP contribution in [0, 0.1) is 11.8 Å². The van der Waals surface area contributed by atoms with Gasteiger partial charge in [-0.3, -0.25) is 9.59 Å². The average Bonchev–Trinajstić information content (AvgIpc) is 3.30. The van der Waals surface area contributed by atoms with Gasteiger partial charge >= 0.3 is 5.97 Å². The monoisotopic (exact) mass is 355 g/mol. The van der Waals surface area contributed by atoms with Crippen LogP contribution in [0.5, 0.6) is 0 Å². The largest absolute Gasteiger partial charge is 0.465 e. The number of amides is 1. The lowest BCUT2D eigenvalue weighted by molar-refractivity contribution is -0.152. The van der Waals surface area contributed by atoms with Gasteiger partial charge in [-0.2, -0.15) is 0 Å². The summed E-state index contributed by atoms with van der Waals surface area (Å²) in [6, 6.07) is 7.94. The molecule has 2 bridgehead atoms. The van der Waals surface area contributed by atoms with Crippen LogP contribution in [0.2, 0.25) is 0 Å². The Hall–Kier alpha value is -2.14. The van der Waals surface area contributed by atoms with Crippen molar-refractivity contribution in [1.29, 1.82) is 0 Å².